The molecule has 9 nitrogen and oxygen atoms in total. The van der Waals surface area contributed by atoms with Gasteiger partial charge in [-0.15, -0.1) is 0 Å². The van der Waals surface area contributed by atoms with Crippen LogP contribution in [0.5, 0.6) is 0 Å². The van der Waals surface area contributed by atoms with Crippen molar-refractivity contribution in [3.8, 4) is 0 Å². The van der Waals surface area contributed by atoms with Gasteiger partial charge in [-0.05, 0) is 48.5 Å². The van der Waals surface area contributed by atoms with E-state index in [0.29, 0.717) is 10.6 Å². The fraction of sp³-hybridized carbons (Fsp3) is 0. The number of carbonyl (C=O) groups excluding carboxylic acids is 3. The molecule has 0 saturated heterocycles. The maximum atomic E-state index is 12.5. The second-order valence-electron chi connectivity index (χ2n) is 6.22. The van der Waals surface area contributed by atoms with E-state index in [0.717, 1.165) is 0 Å². The van der Waals surface area contributed by atoms with Crippen molar-refractivity contribution < 1.29 is 19.3 Å². The second-order valence-corrected chi connectivity index (χ2v) is 6.66. The van der Waals surface area contributed by atoms with Crippen LogP contribution in [0.1, 0.15) is 31.1 Å². The number of hydrogen-bond acceptors (Lipinski definition) is 5. The average Bonchev–Trinajstić information content (AvgIpc) is 2.78. The average molecular weight is 439 g/mol. The van der Waals surface area contributed by atoms with Gasteiger partial charge in [0.2, 0.25) is 0 Å². The Balaban J connectivity index is 1.66. The summed E-state index contributed by atoms with van der Waals surface area (Å²) in [4.78, 5) is 47.2. The second kappa shape index (κ2) is 9.51. The monoisotopic (exact) mass is 438 g/mol. The topological polar surface area (TPSA) is 130 Å². The van der Waals surface area contributed by atoms with Crippen LogP contribution in [0.4, 0.5) is 11.4 Å². The number of nitrogens with zero attached hydrogens (tertiary/aromatic N) is 1. The van der Waals surface area contributed by atoms with Crippen molar-refractivity contribution in [1.29, 1.82) is 0 Å². The number of amides is 3. The number of anilines is 1. The van der Waals surface area contributed by atoms with Gasteiger partial charge >= 0.3 is 0 Å². The Morgan fingerprint density at radius 2 is 1.29 bits per heavy atom. The fourth-order valence-corrected chi connectivity index (χ4v) is 2.70. The molecule has 0 radical (unpaired) electrons. The Hall–Kier alpha value is -4.24. The van der Waals surface area contributed by atoms with Crippen molar-refractivity contribution in [3.05, 3.63) is 105 Å². The number of halogens is 1. The summed E-state index contributed by atoms with van der Waals surface area (Å²) in [5.41, 5.74) is 5.15. The molecular formula is C21H15ClN4O5. The first kappa shape index (κ1) is 21.5. The normalized spacial score (nSPS) is 10.1. The largest absolute Gasteiger partial charge is 0.321 e. The van der Waals surface area contributed by atoms with E-state index in [1.54, 1.807) is 42.5 Å². The van der Waals surface area contributed by atoms with Gasteiger partial charge in [0.1, 0.15) is 0 Å². The molecule has 0 aliphatic rings. The van der Waals surface area contributed by atoms with E-state index in [1.165, 1.54) is 30.3 Å². The number of para-hydroxylation sites is 1. The summed E-state index contributed by atoms with van der Waals surface area (Å²) in [6, 6.07) is 17.4. The first-order valence-corrected chi connectivity index (χ1v) is 9.24. The molecule has 0 fully saturated rings. The molecular weight excluding hydrogens is 424 g/mol. The van der Waals surface area contributed by atoms with Crippen LogP contribution in [0.2, 0.25) is 5.02 Å². The predicted molar refractivity (Wildman–Crippen MR) is 114 cm³/mol. The van der Waals surface area contributed by atoms with Gasteiger partial charge in [-0.3, -0.25) is 35.3 Å². The van der Waals surface area contributed by atoms with Gasteiger partial charge in [-0.1, -0.05) is 23.7 Å². The Morgan fingerprint density at radius 1 is 0.742 bits per heavy atom. The molecule has 31 heavy (non-hydrogen) atoms. The molecule has 0 atom stereocenters. The summed E-state index contributed by atoms with van der Waals surface area (Å²) in [5, 5.41) is 13.8. The van der Waals surface area contributed by atoms with Crippen LogP contribution < -0.4 is 16.2 Å². The lowest BCUT2D eigenvalue weighted by molar-refractivity contribution is -0.384. The van der Waals surface area contributed by atoms with Crippen LogP contribution in [0, 0.1) is 10.1 Å². The molecule has 156 valence electrons. The van der Waals surface area contributed by atoms with E-state index in [4.69, 9.17) is 11.6 Å². The highest BCUT2D eigenvalue weighted by Gasteiger charge is 2.16. The van der Waals surface area contributed by atoms with Crippen molar-refractivity contribution in [2.45, 2.75) is 0 Å². The first-order chi connectivity index (χ1) is 14.8. The zero-order valence-electron chi connectivity index (χ0n) is 15.8. The molecule has 3 N–H and O–H groups in total. The summed E-state index contributed by atoms with van der Waals surface area (Å²) >= 11 is 5.82. The van der Waals surface area contributed by atoms with Gasteiger partial charge in [0.05, 0.1) is 16.2 Å². The Kier molecular flexibility index (Phi) is 6.58. The van der Waals surface area contributed by atoms with E-state index in [-0.39, 0.29) is 22.5 Å². The highest BCUT2D eigenvalue weighted by atomic mass is 35.5. The number of hydrazine groups is 1. The lowest BCUT2D eigenvalue weighted by atomic mass is 10.1. The summed E-state index contributed by atoms with van der Waals surface area (Å²) in [7, 11) is 0. The van der Waals surface area contributed by atoms with E-state index >= 15 is 0 Å². The predicted octanol–water partition coefficient (Wildman–Crippen LogP) is 3.58. The Morgan fingerprint density at radius 3 is 1.94 bits per heavy atom. The number of nitro benzene ring substituents is 1. The SMILES string of the molecule is O=C(NNC(=O)c1ccccc1NC(=O)c1ccc(Cl)cc1)c1ccc([N+](=O)[O-])cc1. The van der Waals surface area contributed by atoms with Crippen molar-refractivity contribution in [1.82, 2.24) is 10.9 Å². The van der Waals surface area contributed by atoms with E-state index in [9.17, 15) is 24.5 Å². The number of hydrogen-bond donors (Lipinski definition) is 3. The molecule has 3 rings (SSSR count). The summed E-state index contributed by atoms with van der Waals surface area (Å²) in [6.07, 6.45) is 0. The summed E-state index contributed by atoms with van der Waals surface area (Å²) in [5.74, 6) is -1.76. The molecule has 0 bridgehead atoms. The van der Waals surface area contributed by atoms with Crippen LogP contribution in [0.15, 0.2) is 72.8 Å². The van der Waals surface area contributed by atoms with E-state index in [1.807, 2.05) is 0 Å². The lowest BCUT2D eigenvalue weighted by Crippen LogP contribution is -2.41. The highest BCUT2D eigenvalue weighted by Crippen LogP contribution is 2.17. The molecule has 3 aromatic carbocycles. The van der Waals surface area contributed by atoms with Gasteiger partial charge in [-0.25, -0.2) is 0 Å². The smallest absolute Gasteiger partial charge is 0.271 e. The molecule has 3 amide bonds. The van der Waals surface area contributed by atoms with Crippen molar-refractivity contribution in [2.75, 3.05) is 5.32 Å². The summed E-state index contributed by atoms with van der Waals surface area (Å²) < 4.78 is 0. The molecule has 0 aliphatic heterocycles. The number of rotatable bonds is 5. The van der Waals surface area contributed by atoms with Gasteiger partial charge in [-0.2, -0.15) is 0 Å². The minimum atomic E-state index is -0.665. The molecule has 0 spiro atoms. The zero-order chi connectivity index (χ0) is 22.4. The number of non-ortho nitro benzene ring substituents is 1. The van der Waals surface area contributed by atoms with Gasteiger partial charge in [0.25, 0.3) is 23.4 Å². The van der Waals surface area contributed by atoms with Crippen molar-refractivity contribution in [3.63, 3.8) is 0 Å². The number of nitrogens with one attached hydrogen (secondary N) is 3. The van der Waals surface area contributed by atoms with Crippen LogP contribution in [0.3, 0.4) is 0 Å². The van der Waals surface area contributed by atoms with Gasteiger partial charge < -0.3 is 5.32 Å². The quantitative estimate of drug-likeness (QED) is 0.414. The van der Waals surface area contributed by atoms with Gasteiger partial charge in [0.15, 0.2) is 0 Å². The first-order valence-electron chi connectivity index (χ1n) is 8.86. The maximum Gasteiger partial charge on any atom is 0.271 e. The summed E-state index contributed by atoms with van der Waals surface area (Å²) in [6.45, 7) is 0. The lowest BCUT2D eigenvalue weighted by Gasteiger charge is -2.12. The standard InChI is InChI=1S/C21H15ClN4O5/c22-15-9-5-13(6-10-15)19(27)23-18-4-2-1-3-17(18)21(29)25-24-20(28)14-7-11-16(12-8-14)26(30)31/h1-12H,(H,23,27)(H,24,28)(H,25,29). The zero-order valence-corrected chi connectivity index (χ0v) is 16.6. The van der Waals surface area contributed by atoms with Gasteiger partial charge in [0, 0.05) is 28.3 Å². The third kappa shape index (κ3) is 5.43. The molecule has 10 heteroatoms. The van der Waals surface area contributed by atoms with Crippen molar-refractivity contribution >= 4 is 40.7 Å². The minimum Gasteiger partial charge on any atom is -0.321 e. The molecule has 0 aromatic heterocycles. The number of nitro groups is 1. The van der Waals surface area contributed by atoms with Crippen LogP contribution in [0.25, 0.3) is 0 Å². The fourth-order valence-electron chi connectivity index (χ4n) is 2.57. The third-order valence-corrected chi connectivity index (χ3v) is 4.41. The van der Waals surface area contributed by atoms with E-state index < -0.39 is 22.6 Å². The molecule has 0 aliphatic carbocycles. The van der Waals surface area contributed by atoms with Crippen molar-refractivity contribution in [2.24, 2.45) is 0 Å². The molecule has 0 heterocycles. The maximum absolute atomic E-state index is 12.5. The molecule has 3 aromatic rings. The van der Waals surface area contributed by atoms with Crippen LogP contribution in [-0.2, 0) is 0 Å². The number of carbonyl (C=O) groups is 3. The Bertz CT molecular complexity index is 1150. The third-order valence-electron chi connectivity index (χ3n) is 4.16. The molecule has 0 saturated carbocycles. The minimum absolute atomic E-state index is 0.119. The Labute approximate surface area is 181 Å². The number of benzene rings is 3. The highest BCUT2D eigenvalue weighted by molar-refractivity contribution is 6.30. The van der Waals surface area contributed by atoms with E-state index in [2.05, 4.69) is 16.2 Å². The molecule has 0 unspecified atom stereocenters. The van der Waals surface area contributed by atoms with Crippen LogP contribution >= 0.6 is 11.6 Å². The van der Waals surface area contributed by atoms with Crippen LogP contribution in [-0.4, -0.2) is 22.6 Å².